The maximum atomic E-state index is 14.2. The highest BCUT2D eigenvalue weighted by molar-refractivity contribution is 6.35. The van der Waals surface area contributed by atoms with E-state index >= 15 is 0 Å². The van der Waals surface area contributed by atoms with Gasteiger partial charge in [0.05, 0.1) is 43.5 Å². The van der Waals surface area contributed by atoms with Crippen molar-refractivity contribution in [2.75, 3.05) is 62.7 Å². The van der Waals surface area contributed by atoms with Crippen molar-refractivity contribution < 1.29 is 52.8 Å². The summed E-state index contributed by atoms with van der Waals surface area (Å²) in [5, 5.41) is 29.3. The van der Waals surface area contributed by atoms with Crippen LogP contribution in [0.4, 0.5) is 32.3 Å². The van der Waals surface area contributed by atoms with Gasteiger partial charge >= 0.3 is 12.2 Å². The Morgan fingerprint density at radius 1 is 1.14 bits per heavy atom. The molecule has 3 N–H and O–H groups in total. The standard InChI is InChI=1S/C40H50ClN5O12/c1-22-9-8-10-32(54-7)40(50)21-31(56-38(49)43-40)24(3)36-39(4,58-36)33(20-34(47)44(5)29-17-25(15-22)18-30(53-6)35(29)41)57-37(48)42-26-19-27(45-11-13-55-14-12-45)28(46(51)52)16-23(26)2/h8-10,16-19,24,31-33,36,50H,11-15,20-21H2,1-7H3,(H,42,48)(H,43,49)/b10-8+,22-9+/t24-,31+,32-,33+,36+,39+,40+/m1/s1. The monoisotopic (exact) mass is 827 g/mol. The van der Waals surface area contributed by atoms with Gasteiger partial charge in [0.2, 0.25) is 5.91 Å². The lowest BCUT2D eigenvalue weighted by molar-refractivity contribution is -0.384. The van der Waals surface area contributed by atoms with Gasteiger partial charge in [-0.1, -0.05) is 42.3 Å². The Hall–Kier alpha value is -4.94. The number of nitrogens with one attached hydrogen (secondary N) is 2. The summed E-state index contributed by atoms with van der Waals surface area (Å²) in [5.74, 6) is -0.693. The number of morpholine rings is 1. The number of carbonyl (C=O) groups is 3. The van der Waals surface area contributed by atoms with Gasteiger partial charge in [-0.2, -0.15) is 0 Å². The molecule has 58 heavy (non-hydrogen) atoms. The van der Waals surface area contributed by atoms with Gasteiger partial charge in [0, 0.05) is 51.3 Å². The van der Waals surface area contributed by atoms with Crippen LogP contribution in [0.15, 0.2) is 48.1 Å². The number of nitro groups is 1. The normalized spacial score (nSPS) is 30.5. The molecule has 0 radical (unpaired) electrons. The van der Waals surface area contributed by atoms with Crippen molar-refractivity contribution in [1.82, 2.24) is 5.32 Å². The molecule has 2 aromatic carbocycles. The van der Waals surface area contributed by atoms with Gasteiger partial charge in [0.1, 0.15) is 40.4 Å². The molecule has 18 heteroatoms. The lowest BCUT2D eigenvalue weighted by Crippen LogP contribution is -2.63. The van der Waals surface area contributed by atoms with Gasteiger partial charge in [-0.3, -0.25) is 25.5 Å². The smallest absolute Gasteiger partial charge is 0.412 e. The fraction of sp³-hybridized carbons (Fsp3) is 0.525. The molecule has 2 aromatic rings. The molecule has 4 bridgehead atoms. The third kappa shape index (κ3) is 8.88. The first-order valence-corrected chi connectivity index (χ1v) is 19.3. The summed E-state index contributed by atoms with van der Waals surface area (Å²) in [6.45, 7) is 8.62. The molecular formula is C40H50ClN5O12. The van der Waals surface area contributed by atoms with Crippen LogP contribution in [0.1, 0.15) is 44.7 Å². The van der Waals surface area contributed by atoms with Crippen LogP contribution in [0, 0.1) is 23.0 Å². The first-order chi connectivity index (χ1) is 27.5. The average molecular weight is 828 g/mol. The molecule has 0 spiro atoms. The van der Waals surface area contributed by atoms with Crippen molar-refractivity contribution in [2.24, 2.45) is 5.92 Å². The van der Waals surface area contributed by atoms with Crippen LogP contribution in [0.2, 0.25) is 5.02 Å². The molecule has 0 saturated carbocycles. The van der Waals surface area contributed by atoms with Gasteiger partial charge in [-0.15, -0.1) is 0 Å². The number of rotatable bonds is 6. The zero-order valence-electron chi connectivity index (χ0n) is 33.5. The van der Waals surface area contributed by atoms with Crippen molar-refractivity contribution in [3.8, 4) is 5.75 Å². The number of alkyl carbamates (subject to hydrolysis) is 1. The summed E-state index contributed by atoms with van der Waals surface area (Å²) in [6.07, 6.45) is -0.352. The number of aryl methyl sites for hydroxylation is 1. The summed E-state index contributed by atoms with van der Waals surface area (Å²) in [7, 11) is 4.45. The number of amides is 3. The Labute approximate surface area is 341 Å². The van der Waals surface area contributed by atoms with E-state index in [4.69, 9.17) is 40.0 Å². The van der Waals surface area contributed by atoms with E-state index < -0.39 is 64.7 Å². The Morgan fingerprint density at radius 2 is 1.86 bits per heavy atom. The molecule has 4 aliphatic heterocycles. The zero-order valence-corrected chi connectivity index (χ0v) is 34.3. The first kappa shape index (κ1) is 42.7. The van der Waals surface area contributed by atoms with Gasteiger partial charge in [0.25, 0.3) is 5.69 Å². The predicted octanol–water partition coefficient (Wildman–Crippen LogP) is 5.43. The number of epoxide rings is 1. The SMILES string of the molecule is COc1cc2cc(c1Cl)N(C)C(=O)C[C@H](OC(=O)Nc1cc(N3CCOCC3)c([N+](=O)[O-])cc1C)[C@]1(C)O[C@H]1[C@H](C)[C@@H]1C[C@@](O)(NC(=O)O1)[C@H](OC)/C=C/C=C(\C)C2. The van der Waals surface area contributed by atoms with Crippen LogP contribution < -0.4 is 25.2 Å². The lowest BCUT2D eigenvalue weighted by atomic mass is 9.83. The van der Waals surface area contributed by atoms with Gasteiger partial charge in [-0.25, -0.2) is 9.59 Å². The van der Waals surface area contributed by atoms with Crippen LogP contribution in [0.5, 0.6) is 5.75 Å². The number of hydrogen-bond acceptors (Lipinski definition) is 13. The maximum absolute atomic E-state index is 14.2. The maximum Gasteiger partial charge on any atom is 0.412 e. The first-order valence-electron chi connectivity index (χ1n) is 19.0. The van der Waals surface area contributed by atoms with E-state index in [-0.39, 0.29) is 29.2 Å². The third-order valence-corrected chi connectivity index (χ3v) is 11.7. The number of nitro benzene ring substituents is 1. The molecule has 4 heterocycles. The second kappa shape index (κ2) is 17.1. The average Bonchev–Trinajstić information content (AvgIpc) is 3.88. The topological polar surface area (TPSA) is 204 Å². The number of benzene rings is 2. The molecule has 0 aliphatic carbocycles. The minimum absolute atomic E-state index is 0.0793. The van der Waals surface area contributed by atoms with Crippen molar-refractivity contribution in [3.63, 3.8) is 0 Å². The second-order valence-electron chi connectivity index (χ2n) is 15.3. The number of anilines is 3. The summed E-state index contributed by atoms with van der Waals surface area (Å²) in [4.78, 5) is 55.8. The molecule has 0 aromatic heterocycles. The fourth-order valence-electron chi connectivity index (χ4n) is 7.89. The third-order valence-electron chi connectivity index (χ3n) is 11.3. The molecular weight excluding hydrogens is 778 g/mol. The number of carbonyl (C=O) groups excluding carboxylic acids is 3. The van der Waals surface area contributed by atoms with Crippen LogP contribution in [0.25, 0.3) is 0 Å². The number of methoxy groups -OCH3 is 2. The van der Waals surface area contributed by atoms with Crippen molar-refractivity contribution in [3.05, 3.63) is 74.3 Å². The van der Waals surface area contributed by atoms with Crippen molar-refractivity contribution in [1.29, 1.82) is 0 Å². The van der Waals surface area contributed by atoms with Gasteiger partial charge in [0.15, 0.2) is 5.72 Å². The summed E-state index contributed by atoms with van der Waals surface area (Å²) in [5.41, 5.74) is -0.202. The highest BCUT2D eigenvalue weighted by Gasteiger charge is 2.64. The van der Waals surface area contributed by atoms with Crippen LogP contribution >= 0.6 is 11.6 Å². The molecule has 6 rings (SSSR count). The molecule has 4 aliphatic rings. The number of nitrogens with zero attached hydrogens (tertiary/aromatic N) is 3. The van der Waals surface area contributed by atoms with E-state index in [9.17, 15) is 29.6 Å². The van der Waals surface area contributed by atoms with Gasteiger partial charge < -0.3 is 43.3 Å². The minimum atomic E-state index is -1.86. The number of halogens is 1. The largest absolute Gasteiger partial charge is 0.495 e. The number of hydrogen-bond donors (Lipinski definition) is 3. The fourth-order valence-corrected chi connectivity index (χ4v) is 8.21. The highest BCUT2D eigenvalue weighted by atomic mass is 35.5. The molecule has 0 unspecified atom stereocenters. The summed E-state index contributed by atoms with van der Waals surface area (Å²) >= 11 is 6.78. The number of allylic oxidation sites excluding steroid dienone is 3. The molecule has 3 saturated heterocycles. The van der Waals surface area contributed by atoms with Crippen molar-refractivity contribution in [2.45, 2.75) is 82.7 Å². The Kier molecular flexibility index (Phi) is 12.6. The van der Waals surface area contributed by atoms with E-state index in [2.05, 4.69) is 10.6 Å². The quantitative estimate of drug-likeness (QED) is 0.189. The summed E-state index contributed by atoms with van der Waals surface area (Å²) in [6, 6.07) is 6.47. The lowest BCUT2D eigenvalue weighted by Gasteiger charge is -2.42. The minimum Gasteiger partial charge on any atom is -0.495 e. The molecule has 17 nitrogen and oxygen atoms in total. The Morgan fingerprint density at radius 3 is 2.53 bits per heavy atom. The van der Waals surface area contributed by atoms with Crippen molar-refractivity contribution >= 4 is 52.4 Å². The highest BCUT2D eigenvalue weighted by Crippen LogP contribution is 2.49. The molecule has 3 fully saturated rings. The van der Waals surface area contributed by atoms with E-state index in [1.165, 1.54) is 31.3 Å². The molecule has 7 atom stereocenters. The van der Waals surface area contributed by atoms with E-state index in [1.807, 2.05) is 17.9 Å². The number of aliphatic hydroxyl groups is 1. The van der Waals surface area contributed by atoms with Gasteiger partial charge in [-0.05, 0) is 56.5 Å². The summed E-state index contributed by atoms with van der Waals surface area (Å²) < 4.78 is 34.7. The number of fused-ring (bicyclic) bond motifs is 5. The van der Waals surface area contributed by atoms with Crippen LogP contribution in [-0.2, 0) is 34.9 Å². The molecule has 314 valence electrons. The predicted molar refractivity (Wildman–Crippen MR) is 214 cm³/mol. The van der Waals surface area contributed by atoms with Crippen LogP contribution in [-0.4, -0.2) is 111 Å². The molecule has 3 amide bonds. The van der Waals surface area contributed by atoms with E-state index in [1.54, 1.807) is 52.1 Å². The zero-order chi connectivity index (χ0) is 42.1. The van der Waals surface area contributed by atoms with E-state index in [0.29, 0.717) is 55.4 Å². The Balaban J connectivity index is 1.36. The Bertz CT molecular complexity index is 2010. The van der Waals surface area contributed by atoms with E-state index in [0.717, 1.165) is 11.1 Å². The number of ether oxygens (including phenoxy) is 6. The second-order valence-corrected chi connectivity index (χ2v) is 15.7. The van der Waals surface area contributed by atoms with Crippen LogP contribution in [0.3, 0.4) is 0 Å².